The normalized spacial score (nSPS) is 16.8. The summed E-state index contributed by atoms with van der Waals surface area (Å²) in [7, 11) is 0. The number of amides is 1. The van der Waals surface area contributed by atoms with E-state index in [-0.39, 0.29) is 24.5 Å². The summed E-state index contributed by atoms with van der Waals surface area (Å²) in [5.74, 6) is -0.424. The highest BCUT2D eigenvalue weighted by Gasteiger charge is 2.34. The van der Waals surface area contributed by atoms with Gasteiger partial charge in [-0.25, -0.2) is 0 Å². The number of ether oxygens (including phenoxy) is 1. The molecule has 4 nitrogen and oxygen atoms in total. The highest BCUT2D eigenvalue weighted by atomic mass is 16.5. The van der Waals surface area contributed by atoms with Crippen molar-refractivity contribution in [2.24, 2.45) is 0 Å². The lowest BCUT2D eigenvalue weighted by Gasteiger charge is -2.37. The molecule has 1 atom stereocenters. The molecule has 0 fully saturated rings. The van der Waals surface area contributed by atoms with Crippen LogP contribution in [0.5, 0.6) is 0 Å². The van der Waals surface area contributed by atoms with Crippen LogP contribution in [0.25, 0.3) is 0 Å². The largest absolute Gasteiger partial charge is 0.465 e. The van der Waals surface area contributed by atoms with E-state index in [1.165, 1.54) is 0 Å². The Morgan fingerprint density at radius 2 is 1.83 bits per heavy atom. The summed E-state index contributed by atoms with van der Waals surface area (Å²) < 4.78 is 5.03. The maximum atomic E-state index is 12.6. The van der Waals surface area contributed by atoms with E-state index in [1.807, 2.05) is 54.6 Å². The number of hydrogen-bond donors (Lipinski definition) is 0. The summed E-state index contributed by atoms with van der Waals surface area (Å²) >= 11 is 0. The van der Waals surface area contributed by atoms with E-state index in [0.29, 0.717) is 13.0 Å². The van der Waals surface area contributed by atoms with Gasteiger partial charge >= 0.3 is 5.97 Å². The average Bonchev–Trinajstić information content (AvgIpc) is 2.56. The van der Waals surface area contributed by atoms with Gasteiger partial charge < -0.3 is 9.64 Å². The number of benzene rings is 2. The third kappa shape index (κ3) is 3.11. The van der Waals surface area contributed by atoms with E-state index >= 15 is 0 Å². The molecule has 0 radical (unpaired) electrons. The fourth-order valence-corrected chi connectivity index (χ4v) is 3.06. The monoisotopic (exact) mass is 309 g/mol. The van der Waals surface area contributed by atoms with Crippen LogP contribution in [0.1, 0.15) is 29.7 Å². The van der Waals surface area contributed by atoms with E-state index in [4.69, 9.17) is 4.74 Å². The predicted molar refractivity (Wildman–Crippen MR) is 86.8 cm³/mol. The zero-order valence-electron chi connectivity index (χ0n) is 13.1. The molecule has 0 saturated carbocycles. The van der Waals surface area contributed by atoms with Crippen LogP contribution in [0.2, 0.25) is 0 Å². The molecule has 1 aliphatic heterocycles. The number of rotatable bonds is 4. The van der Waals surface area contributed by atoms with Crippen LogP contribution in [-0.2, 0) is 20.7 Å². The number of esters is 1. The second kappa shape index (κ2) is 6.65. The van der Waals surface area contributed by atoms with Crippen molar-refractivity contribution in [2.75, 3.05) is 13.2 Å². The number of nitrogens with zero attached hydrogens (tertiary/aromatic N) is 1. The molecule has 1 amide bonds. The number of carbonyl (C=O) groups excluding carboxylic acids is 2. The minimum absolute atomic E-state index is 0.0272. The van der Waals surface area contributed by atoms with Crippen molar-refractivity contribution >= 4 is 11.9 Å². The van der Waals surface area contributed by atoms with Crippen molar-refractivity contribution in [1.82, 2.24) is 4.90 Å². The summed E-state index contributed by atoms with van der Waals surface area (Å²) in [5.41, 5.74) is 3.09. The molecule has 1 aliphatic rings. The van der Waals surface area contributed by atoms with Gasteiger partial charge in [-0.15, -0.1) is 0 Å². The highest BCUT2D eigenvalue weighted by Crippen LogP contribution is 2.35. The van der Waals surface area contributed by atoms with Gasteiger partial charge in [0.2, 0.25) is 5.91 Å². The summed E-state index contributed by atoms with van der Waals surface area (Å²) in [4.78, 5) is 26.1. The van der Waals surface area contributed by atoms with Crippen LogP contribution in [0.15, 0.2) is 54.6 Å². The third-order valence-corrected chi connectivity index (χ3v) is 4.04. The molecule has 0 aliphatic carbocycles. The SMILES string of the molecule is CCOC(=O)CN1C(=O)Cc2ccccc2[C@H]1c1ccccc1. The minimum Gasteiger partial charge on any atom is -0.465 e. The highest BCUT2D eigenvalue weighted by molar-refractivity contribution is 5.86. The molecule has 2 aromatic carbocycles. The first kappa shape index (κ1) is 15.3. The Hall–Kier alpha value is -2.62. The van der Waals surface area contributed by atoms with Gasteiger partial charge in [-0.1, -0.05) is 54.6 Å². The zero-order valence-corrected chi connectivity index (χ0v) is 13.1. The van der Waals surface area contributed by atoms with Gasteiger partial charge in [0.25, 0.3) is 0 Å². The van der Waals surface area contributed by atoms with E-state index in [2.05, 4.69) is 0 Å². The van der Waals surface area contributed by atoms with Gasteiger partial charge in [0, 0.05) is 0 Å². The molecule has 23 heavy (non-hydrogen) atoms. The molecular formula is C19H19NO3. The van der Waals surface area contributed by atoms with E-state index in [9.17, 15) is 9.59 Å². The van der Waals surface area contributed by atoms with E-state index < -0.39 is 0 Å². The molecule has 0 saturated heterocycles. The Morgan fingerprint density at radius 3 is 2.57 bits per heavy atom. The molecule has 0 bridgehead atoms. The van der Waals surface area contributed by atoms with Crippen LogP contribution in [0.3, 0.4) is 0 Å². The predicted octanol–water partition coefficient (Wildman–Crippen LogP) is 2.72. The molecule has 1 heterocycles. The quantitative estimate of drug-likeness (QED) is 0.816. The fraction of sp³-hybridized carbons (Fsp3) is 0.263. The first-order valence-corrected chi connectivity index (χ1v) is 7.78. The maximum absolute atomic E-state index is 12.6. The van der Waals surface area contributed by atoms with Gasteiger partial charge in [0.15, 0.2) is 0 Å². The molecular weight excluding hydrogens is 290 g/mol. The molecule has 4 heteroatoms. The van der Waals surface area contributed by atoms with Crippen LogP contribution < -0.4 is 0 Å². The van der Waals surface area contributed by atoms with Crippen molar-refractivity contribution in [2.45, 2.75) is 19.4 Å². The van der Waals surface area contributed by atoms with Crippen LogP contribution >= 0.6 is 0 Å². The smallest absolute Gasteiger partial charge is 0.325 e. The van der Waals surface area contributed by atoms with Gasteiger partial charge in [-0.2, -0.15) is 0 Å². The fourth-order valence-electron chi connectivity index (χ4n) is 3.06. The Kier molecular flexibility index (Phi) is 4.42. The first-order valence-electron chi connectivity index (χ1n) is 7.78. The van der Waals surface area contributed by atoms with Crippen molar-refractivity contribution in [3.05, 3.63) is 71.3 Å². The van der Waals surface area contributed by atoms with Crippen LogP contribution in [-0.4, -0.2) is 29.9 Å². The summed E-state index contributed by atoms with van der Waals surface area (Å²) in [5, 5.41) is 0. The van der Waals surface area contributed by atoms with Crippen molar-refractivity contribution in [3.8, 4) is 0 Å². The summed E-state index contributed by atoms with van der Waals surface area (Å²) in [6.45, 7) is 2.05. The number of carbonyl (C=O) groups is 2. The third-order valence-electron chi connectivity index (χ3n) is 4.04. The standard InChI is InChI=1S/C19H19NO3/c1-2-23-18(22)13-20-17(21)12-15-10-6-7-11-16(15)19(20)14-8-4-3-5-9-14/h3-11,19H,2,12-13H2,1H3/t19-/m1/s1. The molecule has 0 aromatic heterocycles. The van der Waals surface area contributed by atoms with Crippen molar-refractivity contribution in [3.63, 3.8) is 0 Å². The minimum atomic E-state index is -0.374. The molecule has 0 unspecified atom stereocenters. The lowest BCUT2D eigenvalue weighted by Crippen LogP contribution is -2.44. The number of hydrogen-bond acceptors (Lipinski definition) is 3. The second-order valence-corrected chi connectivity index (χ2v) is 5.52. The maximum Gasteiger partial charge on any atom is 0.325 e. The molecule has 3 rings (SSSR count). The molecule has 2 aromatic rings. The topological polar surface area (TPSA) is 46.6 Å². The lowest BCUT2D eigenvalue weighted by atomic mass is 9.88. The first-order chi connectivity index (χ1) is 11.2. The Balaban J connectivity index is 2.03. The van der Waals surface area contributed by atoms with Gasteiger partial charge in [0.05, 0.1) is 19.1 Å². The Morgan fingerprint density at radius 1 is 1.13 bits per heavy atom. The van der Waals surface area contributed by atoms with Gasteiger partial charge in [-0.3, -0.25) is 9.59 Å². The Bertz CT molecular complexity index is 712. The zero-order chi connectivity index (χ0) is 16.2. The van der Waals surface area contributed by atoms with Crippen LogP contribution in [0, 0.1) is 0 Å². The number of fused-ring (bicyclic) bond motifs is 1. The Labute approximate surface area is 135 Å². The summed E-state index contributed by atoms with van der Waals surface area (Å²) in [6, 6.07) is 17.5. The second-order valence-electron chi connectivity index (χ2n) is 5.52. The van der Waals surface area contributed by atoms with Gasteiger partial charge in [-0.05, 0) is 23.6 Å². The van der Waals surface area contributed by atoms with Gasteiger partial charge in [0.1, 0.15) is 6.54 Å². The summed E-state index contributed by atoms with van der Waals surface area (Å²) in [6.07, 6.45) is 0.318. The van der Waals surface area contributed by atoms with Crippen molar-refractivity contribution in [1.29, 1.82) is 0 Å². The molecule has 118 valence electrons. The van der Waals surface area contributed by atoms with E-state index in [0.717, 1.165) is 16.7 Å². The van der Waals surface area contributed by atoms with Crippen LogP contribution in [0.4, 0.5) is 0 Å². The van der Waals surface area contributed by atoms with E-state index in [1.54, 1.807) is 11.8 Å². The average molecular weight is 309 g/mol. The lowest BCUT2D eigenvalue weighted by molar-refractivity contribution is -0.150. The van der Waals surface area contributed by atoms with Crippen molar-refractivity contribution < 1.29 is 14.3 Å². The molecule has 0 N–H and O–H groups in total. The molecule has 0 spiro atoms.